The van der Waals surface area contributed by atoms with Crippen molar-refractivity contribution in [2.24, 2.45) is 11.8 Å². The molecular weight excluding hydrogens is 292 g/mol. The summed E-state index contributed by atoms with van der Waals surface area (Å²) in [5.74, 6) is 1.95. The molecule has 2 saturated heterocycles. The zero-order valence-electron chi connectivity index (χ0n) is 13.8. The Labute approximate surface area is 137 Å². The van der Waals surface area contributed by atoms with Gasteiger partial charge in [-0.1, -0.05) is 18.2 Å². The predicted octanol–water partition coefficient (Wildman–Crippen LogP) is 1.03. The lowest BCUT2D eigenvalue weighted by Gasteiger charge is -2.23. The van der Waals surface area contributed by atoms with Crippen molar-refractivity contribution in [1.29, 1.82) is 0 Å². The van der Waals surface area contributed by atoms with Crippen LogP contribution in [0.5, 0.6) is 5.75 Å². The molecule has 1 amide bonds. The maximum absolute atomic E-state index is 12.8. The highest BCUT2D eigenvalue weighted by atomic mass is 16.5. The summed E-state index contributed by atoms with van der Waals surface area (Å²) >= 11 is 0. The van der Waals surface area contributed by atoms with Gasteiger partial charge >= 0.3 is 0 Å². The number of benzene rings is 1. The van der Waals surface area contributed by atoms with Crippen molar-refractivity contribution < 1.29 is 14.3 Å². The second-order valence-corrected chi connectivity index (χ2v) is 7.22. The number of hydrogen-bond donors (Lipinski definition) is 0. The van der Waals surface area contributed by atoms with Crippen LogP contribution in [0.25, 0.3) is 0 Å². The van der Waals surface area contributed by atoms with Crippen molar-refractivity contribution in [3.05, 3.63) is 29.8 Å². The highest BCUT2D eigenvalue weighted by molar-refractivity contribution is 5.83. The van der Waals surface area contributed by atoms with Crippen LogP contribution in [-0.2, 0) is 16.0 Å². The number of rotatable bonds is 3. The summed E-state index contributed by atoms with van der Waals surface area (Å²) in [6, 6.07) is 7.93. The van der Waals surface area contributed by atoms with Gasteiger partial charge in [0.1, 0.15) is 5.75 Å². The van der Waals surface area contributed by atoms with Crippen LogP contribution >= 0.6 is 0 Å². The number of carbonyl (C=O) groups is 1. The normalized spacial score (nSPS) is 32.0. The fourth-order valence-electron chi connectivity index (χ4n) is 4.16. The van der Waals surface area contributed by atoms with E-state index in [4.69, 9.17) is 9.47 Å². The number of likely N-dealkylation sites (tertiary alicyclic amines) is 1. The summed E-state index contributed by atoms with van der Waals surface area (Å²) < 4.78 is 11.8. The third-order valence-electron chi connectivity index (χ3n) is 5.27. The number of fused-ring (bicyclic) bond motifs is 2. The topological polar surface area (TPSA) is 42.0 Å². The molecule has 5 nitrogen and oxygen atoms in total. The van der Waals surface area contributed by atoms with Gasteiger partial charge in [-0.25, -0.2) is 0 Å². The van der Waals surface area contributed by atoms with Crippen molar-refractivity contribution in [3.63, 3.8) is 0 Å². The molecule has 5 heteroatoms. The molecule has 1 unspecified atom stereocenters. The minimum atomic E-state index is -0.362. The van der Waals surface area contributed by atoms with E-state index in [1.165, 1.54) is 0 Å². The van der Waals surface area contributed by atoms with E-state index in [9.17, 15) is 4.79 Å². The quantitative estimate of drug-likeness (QED) is 0.835. The lowest BCUT2D eigenvalue weighted by atomic mass is 9.93. The van der Waals surface area contributed by atoms with Gasteiger partial charge in [0.15, 0.2) is 6.10 Å². The van der Waals surface area contributed by atoms with Crippen molar-refractivity contribution >= 4 is 5.91 Å². The first-order valence-electron chi connectivity index (χ1n) is 8.41. The number of ether oxygens (including phenoxy) is 2. The van der Waals surface area contributed by atoms with Gasteiger partial charge in [-0.3, -0.25) is 4.79 Å². The largest absolute Gasteiger partial charge is 0.480 e. The molecular formula is C18H24N2O3. The first-order valence-corrected chi connectivity index (χ1v) is 8.41. The summed E-state index contributed by atoms with van der Waals surface area (Å²) in [5.41, 5.74) is 1.13. The minimum absolute atomic E-state index is 0.114. The molecule has 1 aromatic carbocycles. The molecule has 3 aliphatic heterocycles. The first kappa shape index (κ1) is 15.0. The van der Waals surface area contributed by atoms with E-state index in [1.807, 2.05) is 29.2 Å². The van der Waals surface area contributed by atoms with E-state index in [1.54, 1.807) is 0 Å². The number of hydrogen-bond acceptors (Lipinski definition) is 4. The Balaban J connectivity index is 1.40. The summed E-state index contributed by atoms with van der Waals surface area (Å²) in [6.07, 6.45) is 0.522. The van der Waals surface area contributed by atoms with Crippen LogP contribution in [0.1, 0.15) is 5.56 Å². The Hall–Kier alpha value is -1.59. The fourth-order valence-corrected chi connectivity index (χ4v) is 4.16. The van der Waals surface area contributed by atoms with Gasteiger partial charge in [0.05, 0.1) is 12.7 Å². The second kappa shape index (κ2) is 5.80. The van der Waals surface area contributed by atoms with Crippen LogP contribution in [0, 0.1) is 11.8 Å². The maximum Gasteiger partial charge on any atom is 0.264 e. The lowest BCUT2D eigenvalue weighted by molar-refractivity contribution is -0.137. The number of amides is 1. The number of carbonyl (C=O) groups excluding carboxylic acids is 1. The predicted molar refractivity (Wildman–Crippen MR) is 86.4 cm³/mol. The summed E-state index contributed by atoms with van der Waals surface area (Å²) in [6.45, 7) is 3.36. The van der Waals surface area contributed by atoms with Gasteiger partial charge < -0.3 is 19.3 Å². The fraction of sp³-hybridized carbons (Fsp3) is 0.611. The van der Waals surface area contributed by atoms with Gasteiger partial charge in [0, 0.05) is 37.9 Å². The van der Waals surface area contributed by atoms with Crippen LogP contribution in [-0.4, -0.2) is 68.3 Å². The molecule has 0 spiro atoms. The van der Waals surface area contributed by atoms with Gasteiger partial charge in [0.2, 0.25) is 0 Å². The Kier molecular flexibility index (Phi) is 3.77. The number of para-hydroxylation sites is 1. The summed E-state index contributed by atoms with van der Waals surface area (Å²) in [7, 11) is 4.18. The molecule has 124 valence electrons. The molecule has 2 fully saturated rings. The van der Waals surface area contributed by atoms with Crippen LogP contribution in [0.15, 0.2) is 24.3 Å². The molecule has 0 aromatic heterocycles. The van der Waals surface area contributed by atoms with Crippen molar-refractivity contribution in [2.45, 2.75) is 18.6 Å². The third-order valence-corrected chi connectivity index (χ3v) is 5.27. The monoisotopic (exact) mass is 316 g/mol. The van der Waals surface area contributed by atoms with Gasteiger partial charge in [-0.2, -0.15) is 0 Å². The van der Waals surface area contributed by atoms with E-state index in [0.29, 0.717) is 24.8 Å². The molecule has 4 atom stereocenters. The molecule has 0 aliphatic carbocycles. The Morgan fingerprint density at radius 2 is 2.13 bits per heavy atom. The number of nitrogens with zero attached hydrogens (tertiary/aromatic N) is 2. The smallest absolute Gasteiger partial charge is 0.264 e. The highest BCUT2D eigenvalue weighted by Gasteiger charge is 2.47. The van der Waals surface area contributed by atoms with Crippen molar-refractivity contribution in [1.82, 2.24) is 9.80 Å². The molecule has 4 rings (SSSR count). The van der Waals surface area contributed by atoms with Crippen molar-refractivity contribution in [3.8, 4) is 5.75 Å². The standard InChI is InChI=1S/C18H24N2O3/c1-19(2)8-13-11-22-17-10-20(9-14(13)17)18(21)16-7-12-5-3-4-6-15(12)23-16/h3-6,13-14,16-17H,7-11H2,1-2H3/t13-,14-,16?,17-/m1/s1. The van der Waals surface area contributed by atoms with Crippen LogP contribution in [0.2, 0.25) is 0 Å². The Bertz CT molecular complexity index is 579. The first-order chi connectivity index (χ1) is 11.1. The lowest BCUT2D eigenvalue weighted by Crippen LogP contribution is -2.41. The van der Waals surface area contributed by atoms with Gasteiger partial charge in [0.25, 0.3) is 5.91 Å². The minimum Gasteiger partial charge on any atom is -0.480 e. The van der Waals surface area contributed by atoms with Crippen molar-refractivity contribution in [2.75, 3.05) is 40.3 Å². The van der Waals surface area contributed by atoms with E-state index in [2.05, 4.69) is 19.0 Å². The Morgan fingerprint density at radius 1 is 1.30 bits per heavy atom. The summed E-state index contributed by atoms with van der Waals surface area (Å²) in [5, 5.41) is 0. The van der Waals surface area contributed by atoms with E-state index in [0.717, 1.165) is 31.0 Å². The zero-order valence-corrected chi connectivity index (χ0v) is 13.8. The SMILES string of the molecule is CN(C)C[C@@H]1CO[C@@H]2CN(C(=O)C3Cc4ccccc4O3)C[C@H]12. The average Bonchev–Trinajstić information content (AvgIpc) is 3.20. The highest BCUT2D eigenvalue weighted by Crippen LogP contribution is 2.35. The molecule has 3 heterocycles. The van der Waals surface area contributed by atoms with E-state index >= 15 is 0 Å². The molecule has 0 saturated carbocycles. The molecule has 23 heavy (non-hydrogen) atoms. The third kappa shape index (κ3) is 2.72. The van der Waals surface area contributed by atoms with Crippen LogP contribution in [0.3, 0.4) is 0 Å². The van der Waals surface area contributed by atoms with Crippen LogP contribution < -0.4 is 4.74 Å². The average molecular weight is 316 g/mol. The molecule has 3 aliphatic rings. The molecule has 0 bridgehead atoms. The Morgan fingerprint density at radius 3 is 2.91 bits per heavy atom. The summed E-state index contributed by atoms with van der Waals surface area (Å²) in [4.78, 5) is 17.0. The van der Waals surface area contributed by atoms with Gasteiger partial charge in [-0.15, -0.1) is 0 Å². The van der Waals surface area contributed by atoms with E-state index in [-0.39, 0.29) is 18.1 Å². The molecule has 0 radical (unpaired) electrons. The van der Waals surface area contributed by atoms with Gasteiger partial charge in [-0.05, 0) is 25.7 Å². The second-order valence-electron chi connectivity index (χ2n) is 7.22. The van der Waals surface area contributed by atoms with Crippen LogP contribution in [0.4, 0.5) is 0 Å². The molecule has 1 aromatic rings. The van der Waals surface area contributed by atoms with E-state index < -0.39 is 0 Å². The maximum atomic E-state index is 12.8. The molecule has 0 N–H and O–H groups in total. The zero-order chi connectivity index (χ0) is 16.0.